The Balaban J connectivity index is 1.40. The van der Waals surface area contributed by atoms with Gasteiger partial charge in [-0.05, 0) is 43.2 Å². The lowest BCUT2D eigenvalue weighted by Gasteiger charge is -2.55. The number of non-ortho nitro benzene ring substituents is 1. The second kappa shape index (κ2) is 8.69. The van der Waals surface area contributed by atoms with Gasteiger partial charge < -0.3 is 14.4 Å². The van der Waals surface area contributed by atoms with Gasteiger partial charge in [-0.25, -0.2) is 4.79 Å². The fourth-order valence-electron chi connectivity index (χ4n) is 6.11. The van der Waals surface area contributed by atoms with Crippen molar-refractivity contribution in [2.45, 2.75) is 38.9 Å². The Morgan fingerprint density at radius 1 is 1.11 bits per heavy atom. The quantitative estimate of drug-likeness (QED) is 0.364. The number of barbiturate groups is 1. The van der Waals surface area contributed by atoms with Gasteiger partial charge in [0.2, 0.25) is 18.6 Å². The summed E-state index contributed by atoms with van der Waals surface area (Å²) in [6.45, 7) is 5.69. The second-order valence-corrected chi connectivity index (χ2v) is 10.4. The van der Waals surface area contributed by atoms with Gasteiger partial charge in [-0.15, -0.1) is 0 Å². The molecule has 0 aromatic heterocycles. The molecule has 1 N–H and O–H groups in total. The highest BCUT2D eigenvalue weighted by Crippen LogP contribution is 2.47. The number of rotatable bonds is 4. The van der Waals surface area contributed by atoms with Crippen LogP contribution >= 0.6 is 0 Å². The van der Waals surface area contributed by atoms with E-state index < -0.39 is 40.3 Å². The van der Waals surface area contributed by atoms with Crippen LogP contribution in [0.1, 0.15) is 25.0 Å². The summed E-state index contributed by atoms with van der Waals surface area (Å²) in [6.07, 6.45) is -0.0375. The summed E-state index contributed by atoms with van der Waals surface area (Å²) < 4.78 is 10.9. The summed E-state index contributed by atoms with van der Waals surface area (Å²) in [5.41, 5.74) is 0.582. The van der Waals surface area contributed by atoms with Crippen LogP contribution in [0.15, 0.2) is 36.4 Å². The van der Waals surface area contributed by atoms with Gasteiger partial charge in [0.05, 0.1) is 11.0 Å². The Morgan fingerprint density at radius 2 is 1.89 bits per heavy atom. The second-order valence-electron chi connectivity index (χ2n) is 10.4. The van der Waals surface area contributed by atoms with Gasteiger partial charge in [0.25, 0.3) is 5.69 Å². The van der Waals surface area contributed by atoms with Crippen molar-refractivity contribution in [2.75, 3.05) is 31.3 Å². The van der Waals surface area contributed by atoms with Gasteiger partial charge in [-0.3, -0.25) is 34.8 Å². The first-order chi connectivity index (χ1) is 18.2. The average molecular weight is 522 g/mol. The highest BCUT2D eigenvalue weighted by molar-refractivity contribution is 6.20. The topological polar surface area (TPSA) is 135 Å². The molecule has 4 aliphatic rings. The molecule has 2 aromatic carbocycles. The average Bonchev–Trinajstić information content (AvgIpc) is 3.34. The van der Waals surface area contributed by atoms with Gasteiger partial charge in [-0.2, -0.15) is 0 Å². The van der Waals surface area contributed by atoms with E-state index in [-0.39, 0.29) is 18.9 Å². The van der Waals surface area contributed by atoms with Crippen molar-refractivity contribution in [3.8, 4) is 11.5 Å². The number of anilines is 1. The third-order valence-electron chi connectivity index (χ3n) is 7.89. The number of amides is 4. The molecule has 4 amide bonds. The zero-order valence-corrected chi connectivity index (χ0v) is 21.0. The van der Waals surface area contributed by atoms with E-state index in [1.165, 1.54) is 12.1 Å². The van der Waals surface area contributed by atoms with E-state index >= 15 is 0 Å². The van der Waals surface area contributed by atoms with E-state index in [0.717, 1.165) is 16.2 Å². The molecule has 2 aromatic rings. The van der Waals surface area contributed by atoms with Crippen LogP contribution in [0.2, 0.25) is 0 Å². The van der Waals surface area contributed by atoms with Crippen molar-refractivity contribution < 1.29 is 28.8 Å². The number of hydrogen-bond acceptors (Lipinski definition) is 9. The lowest BCUT2D eigenvalue weighted by molar-refractivity contribution is -0.384. The van der Waals surface area contributed by atoms with Crippen molar-refractivity contribution in [1.82, 2.24) is 15.1 Å². The summed E-state index contributed by atoms with van der Waals surface area (Å²) >= 11 is 0. The molecule has 2 saturated heterocycles. The molecule has 0 unspecified atom stereocenters. The van der Waals surface area contributed by atoms with Gasteiger partial charge in [0, 0.05) is 56.5 Å². The molecule has 0 saturated carbocycles. The summed E-state index contributed by atoms with van der Waals surface area (Å²) in [5.74, 6) is 0.136. The Hall–Kier alpha value is -4.19. The fourth-order valence-corrected chi connectivity index (χ4v) is 6.11. The standard InChI is InChI=1S/C26H27N5O7/c1-15(2)30-24(33)26(23(32)27-25(30)34)11-17-10-18(31(35)36)4-5-19(17)29-8-7-28(13-22(26)29)12-16-3-6-20-21(9-16)38-14-37-20/h3-6,9-10,15,22H,7-8,11-14H2,1-2H3,(H,27,32,34)/t22-,26-/m0/s1. The predicted molar refractivity (Wildman–Crippen MR) is 134 cm³/mol. The molecule has 12 heteroatoms. The maximum atomic E-state index is 14.1. The van der Waals surface area contributed by atoms with Gasteiger partial charge in [0.15, 0.2) is 16.9 Å². The number of ether oxygens (including phenoxy) is 2. The minimum Gasteiger partial charge on any atom is -0.454 e. The first-order valence-electron chi connectivity index (χ1n) is 12.5. The monoisotopic (exact) mass is 521 g/mol. The van der Waals surface area contributed by atoms with E-state index in [9.17, 15) is 24.5 Å². The van der Waals surface area contributed by atoms with Crippen LogP contribution in [0, 0.1) is 15.5 Å². The predicted octanol–water partition coefficient (Wildman–Crippen LogP) is 2.04. The molecule has 4 heterocycles. The highest BCUT2D eigenvalue weighted by atomic mass is 16.7. The van der Waals surface area contributed by atoms with E-state index in [1.807, 2.05) is 23.1 Å². The molecular formula is C26H27N5O7. The molecule has 0 bridgehead atoms. The summed E-state index contributed by atoms with van der Waals surface area (Å²) in [6, 6.07) is 8.52. The SMILES string of the molecule is CC(C)N1C(=O)NC(=O)[C@@]2(Cc3cc([N+](=O)[O-])ccc3N3CCN(Cc4ccc5c(c4)OCO5)C[C@H]32)C1=O. The number of imide groups is 2. The molecule has 0 radical (unpaired) electrons. The van der Waals surface area contributed by atoms with Crippen LogP contribution in [-0.4, -0.2) is 71.1 Å². The molecular weight excluding hydrogens is 494 g/mol. The Labute approximate surface area is 218 Å². The van der Waals surface area contributed by atoms with Crippen molar-refractivity contribution in [1.29, 1.82) is 0 Å². The number of nitro groups is 1. The van der Waals surface area contributed by atoms with Crippen molar-refractivity contribution >= 4 is 29.2 Å². The Kier molecular flexibility index (Phi) is 5.53. The summed E-state index contributed by atoms with van der Waals surface area (Å²) in [5, 5.41) is 13.9. The molecule has 12 nitrogen and oxygen atoms in total. The molecule has 38 heavy (non-hydrogen) atoms. The molecule has 2 atom stereocenters. The largest absolute Gasteiger partial charge is 0.454 e. The lowest BCUT2D eigenvalue weighted by atomic mass is 9.67. The molecule has 2 fully saturated rings. The van der Waals surface area contributed by atoms with E-state index in [0.29, 0.717) is 43.2 Å². The molecule has 1 spiro atoms. The van der Waals surface area contributed by atoms with Crippen LogP contribution in [0.25, 0.3) is 0 Å². The summed E-state index contributed by atoms with van der Waals surface area (Å²) in [4.78, 5) is 56.7. The molecule has 198 valence electrons. The number of nitrogens with one attached hydrogen (secondary N) is 1. The number of piperazine rings is 1. The lowest BCUT2D eigenvalue weighted by Crippen LogP contribution is -2.75. The number of urea groups is 1. The number of fused-ring (bicyclic) bond motifs is 5. The zero-order valence-electron chi connectivity index (χ0n) is 21.0. The first kappa shape index (κ1) is 24.2. The number of nitro benzene ring substituents is 1. The Bertz CT molecular complexity index is 1380. The van der Waals surface area contributed by atoms with Crippen LogP contribution in [-0.2, 0) is 22.6 Å². The minimum atomic E-state index is -1.62. The number of carbonyl (C=O) groups excluding carboxylic acids is 3. The maximum absolute atomic E-state index is 14.1. The normalized spacial score (nSPS) is 24.5. The van der Waals surface area contributed by atoms with Crippen LogP contribution in [0.3, 0.4) is 0 Å². The van der Waals surface area contributed by atoms with E-state index in [2.05, 4.69) is 10.2 Å². The highest BCUT2D eigenvalue weighted by Gasteiger charge is 2.63. The minimum absolute atomic E-state index is 0.0375. The molecule has 6 rings (SSSR count). The van der Waals surface area contributed by atoms with Crippen molar-refractivity contribution in [3.05, 3.63) is 57.6 Å². The Morgan fingerprint density at radius 3 is 2.66 bits per heavy atom. The first-order valence-corrected chi connectivity index (χ1v) is 12.5. The van der Waals surface area contributed by atoms with Crippen LogP contribution < -0.4 is 19.7 Å². The van der Waals surface area contributed by atoms with Gasteiger partial charge >= 0.3 is 6.03 Å². The number of benzene rings is 2. The van der Waals surface area contributed by atoms with Gasteiger partial charge in [0.1, 0.15) is 0 Å². The fraction of sp³-hybridized carbons (Fsp3) is 0.423. The van der Waals surface area contributed by atoms with Crippen LogP contribution in [0.4, 0.5) is 16.2 Å². The number of nitrogens with zero attached hydrogens (tertiary/aromatic N) is 4. The third kappa shape index (κ3) is 3.58. The van der Waals surface area contributed by atoms with Crippen LogP contribution in [0.5, 0.6) is 11.5 Å². The zero-order chi connectivity index (χ0) is 26.8. The number of hydrogen-bond donors (Lipinski definition) is 1. The van der Waals surface area contributed by atoms with Crippen molar-refractivity contribution in [3.63, 3.8) is 0 Å². The smallest absolute Gasteiger partial charge is 0.331 e. The van der Waals surface area contributed by atoms with E-state index in [4.69, 9.17) is 9.47 Å². The maximum Gasteiger partial charge on any atom is 0.331 e. The molecule has 4 aliphatic heterocycles. The summed E-state index contributed by atoms with van der Waals surface area (Å²) in [7, 11) is 0. The van der Waals surface area contributed by atoms with Gasteiger partial charge in [-0.1, -0.05) is 6.07 Å². The van der Waals surface area contributed by atoms with E-state index in [1.54, 1.807) is 19.9 Å². The van der Waals surface area contributed by atoms with Crippen molar-refractivity contribution in [2.24, 2.45) is 5.41 Å². The number of carbonyl (C=O) groups is 3. The molecule has 0 aliphatic carbocycles. The third-order valence-corrected chi connectivity index (χ3v) is 7.89.